The lowest BCUT2D eigenvalue weighted by atomic mass is 10.0. The van der Waals surface area contributed by atoms with Crippen molar-refractivity contribution in [3.63, 3.8) is 0 Å². The minimum absolute atomic E-state index is 0.0450. The van der Waals surface area contributed by atoms with Crippen molar-refractivity contribution in [2.24, 2.45) is 12.8 Å². The molecular weight excluding hydrogens is 200 g/mol. The summed E-state index contributed by atoms with van der Waals surface area (Å²) in [6.07, 6.45) is 7.24. The van der Waals surface area contributed by atoms with Gasteiger partial charge in [-0.2, -0.15) is 5.10 Å². The minimum Gasteiger partial charge on any atom is -0.324 e. The van der Waals surface area contributed by atoms with Crippen molar-refractivity contribution in [1.29, 1.82) is 0 Å². The van der Waals surface area contributed by atoms with E-state index >= 15 is 0 Å². The highest BCUT2D eigenvalue weighted by molar-refractivity contribution is 5.13. The van der Waals surface area contributed by atoms with Gasteiger partial charge in [-0.3, -0.25) is 9.67 Å². The molecule has 0 aliphatic carbocycles. The lowest BCUT2D eigenvalue weighted by molar-refractivity contribution is 0.612. The second-order valence-corrected chi connectivity index (χ2v) is 3.88. The Labute approximate surface area is 95.1 Å². The molecule has 84 valence electrons. The molecule has 2 N–H and O–H groups in total. The fourth-order valence-corrected chi connectivity index (χ4v) is 1.71. The maximum Gasteiger partial charge on any atom is 0.0492 e. The maximum atomic E-state index is 6.09. The van der Waals surface area contributed by atoms with E-state index in [1.807, 2.05) is 42.3 Å². The molecule has 0 aliphatic heterocycles. The van der Waals surface area contributed by atoms with Gasteiger partial charge in [0.2, 0.25) is 0 Å². The summed E-state index contributed by atoms with van der Waals surface area (Å²) in [5.74, 6) is 0. The lowest BCUT2D eigenvalue weighted by Crippen LogP contribution is -2.12. The van der Waals surface area contributed by atoms with Crippen LogP contribution in [0.1, 0.15) is 23.7 Å². The molecule has 1 unspecified atom stereocenters. The Kier molecular flexibility index (Phi) is 3.31. The number of rotatable bonds is 4. The summed E-state index contributed by atoms with van der Waals surface area (Å²) in [4.78, 5) is 4.07. The predicted molar refractivity (Wildman–Crippen MR) is 62.7 cm³/mol. The van der Waals surface area contributed by atoms with E-state index in [1.165, 1.54) is 5.69 Å². The van der Waals surface area contributed by atoms with Gasteiger partial charge in [0.05, 0.1) is 0 Å². The monoisotopic (exact) mass is 216 g/mol. The van der Waals surface area contributed by atoms with Crippen LogP contribution in [0.4, 0.5) is 0 Å². The van der Waals surface area contributed by atoms with E-state index in [1.54, 1.807) is 6.20 Å². The standard InChI is InChI=1S/C12H16N4/c1-16-11(6-8-15-16)4-5-12(13)10-3-2-7-14-9-10/h2-3,6-9,12H,4-5,13H2,1H3. The van der Waals surface area contributed by atoms with E-state index in [-0.39, 0.29) is 6.04 Å². The molecule has 0 saturated carbocycles. The van der Waals surface area contributed by atoms with Gasteiger partial charge in [0.15, 0.2) is 0 Å². The number of hydrogen-bond donors (Lipinski definition) is 1. The van der Waals surface area contributed by atoms with Crippen LogP contribution in [0.5, 0.6) is 0 Å². The zero-order valence-electron chi connectivity index (χ0n) is 9.37. The summed E-state index contributed by atoms with van der Waals surface area (Å²) in [5.41, 5.74) is 8.39. The molecule has 2 heterocycles. The van der Waals surface area contributed by atoms with Crippen LogP contribution < -0.4 is 5.73 Å². The number of pyridine rings is 1. The Balaban J connectivity index is 1.94. The van der Waals surface area contributed by atoms with Crippen molar-refractivity contribution in [3.8, 4) is 0 Å². The molecule has 0 aliphatic rings. The van der Waals surface area contributed by atoms with Gasteiger partial charge in [0.25, 0.3) is 0 Å². The molecule has 2 aromatic heterocycles. The van der Waals surface area contributed by atoms with Gasteiger partial charge in [-0.15, -0.1) is 0 Å². The predicted octanol–water partition coefficient (Wildman–Crippen LogP) is 1.45. The van der Waals surface area contributed by atoms with Crippen LogP contribution in [0.25, 0.3) is 0 Å². The number of hydrogen-bond acceptors (Lipinski definition) is 3. The molecule has 0 spiro atoms. The van der Waals surface area contributed by atoms with E-state index in [2.05, 4.69) is 10.1 Å². The van der Waals surface area contributed by atoms with Gasteiger partial charge in [-0.05, 0) is 30.5 Å². The Morgan fingerprint density at radius 3 is 2.88 bits per heavy atom. The second kappa shape index (κ2) is 4.90. The Morgan fingerprint density at radius 2 is 2.25 bits per heavy atom. The average Bonchev–Trinajstić information content (AvgIpc) is 2.73. The molecule has 0 fully saturated rings. The van der Waals surface area contributed by atoms with Gasteiger partial charge in [0.1, 0.15) is 0 Å². The molecule has 2 rings (SSSR count). The SMILES string of the molecule is Cn1nccc1CCC(N)c1cccnc1. The van der Waals surface area contributed by atoms with Crippen molar-refractivity contribution in [2.75, 3.05) is 0 Å². The van der Waals surface area contributed by atoms with Gasteiger partial charge >= 0.3 is 0 Å². The highest BCUT2D eigenvalue weighted by atomic mass is 15.2. The van der Waals surface area contributed by atoms with Crippen molar-refractivity contribution in [1.82, 2.24) is 14.8 Å². The molecule has 0 bridgehead atoms. The molecule has 0 aromatic carbocycles. The van der Waals surface area contributed by atoms with Crippen LogP contribution in [0.15, 0.2) is 36.8 Å². The Morgan fingerprint density at radius 1 is 1.38 bits per heavy atom. The Bertz CT molecular complexity index is 435. The number of aryl methyl sites for hydroxylation is 2. The number of aromatic nitrogens is 3. The van der Waals surface area contributed by atoms with Crippen LogP contribution in [-0.2, 0) is 13.5 Å². The maximum absolute atomic E-state index is 6.09. The van der Waals surface area contributed by atoms with Crippen molar-refractivity contribution in [2.45, 2.75) is 18.9 Å². The fraction of sp³-hybridized carbons (Fsp3) is 0.333. The highest BCUT2D eigenvalue weighted by Gasteiger charge is 2.07. The van der Waals surface area contributed by atoms with Gasteiger partial charge in [0, 0.05) is 37.4 Å². The second-order valence-electron chi connectivity index (χ2n) is 3.88. The number of nitrogens with two attached hydrogens (primary N) is 1. The van der Waals surface area contributed by atoms with Crippen LogP contribution in [0.3, 0.4) is 0 Å². The highest BCUT2D eigenvalue weighted by Crippen LogP contribution is 2.15. The zero-order valence-corrected chi connectivity index (χ0v) is 9.37. The smallest absolute Gasteiger partial charge is 0.0492 e. The van der Waals surface area contributed by atoms with Crippen molar-refractivity contribution in [3.05, 3.63) is 48.0 Å². The van der Waals surface area contributed by atoms with E-state index in [0.717, 1.165) is 18.4 Å². The Hall–Kier alpha value is -1.68. The molecule has 1 atom stereocenters. The lowest BCUT2D eigenvalue weighted by Gasteiger charge is -2.11. The summed E-state index contributed by atoms with van der Waals surface area (Å²) in [6, 6.07) is 6.00. The fourth-order valence-electron chi connectivity index (χ4n) is 1.71. The van der Waals surface area contributed by atoms with Crippen LogP contribution in [-0.4, -0.2) is 14.8 Å². The average molecular weight is 216 g/mol. The first-order chi connectivity index (χ1) is 7.77. The first-order valence-electron chi connectivity index (χ1n) is 5.40. The third-order valence-corrected chi connectivity index (χ3v) is 2.75. The molecule has 0 amide bonds. The van der Waals surface area contributed by atoms with E-state index < -0.39 is 0 Å². The third-order valence-electron chi connectivity index (χ3n) is 2.75. The van der Waals surface area contributed by atoms with Crippen LogP contribution in [0.2, 0.25) is 0 Å². The summed E-state index contributed by atoms with van der Waals surface area (Å²) in [6.45, 7) is 0. The molecule has 4 nitrogen and oxygen atoms in total. The molecule has 4 heteroatoms. The van der Waals surface area contributed by atoms with Crippen LogP contribution in [0, 0.1) is 0 Å². The largest absolute Gasteiger partial charge is 0.324 e. The first-order valence-corrected chi connectivity index (χ1v) is 5.40. The minimum atomic E-state index is 0.0450. The van der Waals surface area contributed by atoms with Gasteiger partial charge in [-0.1, -0.05) is 6.07 Å². The zero-order chi connectivity index (χ0) is 11.4. The van der Waals surface area contributed by atoms with E-state index in [0.29, 0.717) is 0 Å². The van der Waals surface area contributed by atoms with Gasteiger partial charge in [-0.25, -0.2) is 0 Å². The van der Waals surface area contributed by atoms with E-state index in [9.17, 15) is 0 Å². The van der Waals surface area contributed by atoms with Gasteiger partial charge < -0.3 is 5.73 Å². The van der Waals surface area contributed by atoms with Crippen molar-refractivity contribution < 1.29 is 0 Å². The molecular formula is C12H16N4. The van der Waals surface area contributed by atoms with E-state index in [4.69, 9.17) is 5.73 Å². The molecule has 0 radical (unpaired) electrons. The quantitative estimate of drug-likeness (QED) is 0.841. The third kappa shape index (κ3) is 2.46. The topological polar surface area (TPSA) is 56.7 Å². The first kappa shape index (κ1) is 10.8. The number of nitrogens with zero attached hydrogens (tertiary/aromatic N) is 3. The van der Waals surface area contributed by atoms with Crippen LogP contribution >= 0.6 is 0 Å². The van der Waals surface area contributed by atoms with Crippen molar-refractivity contribution >= 4 is 0 Å². The molecule has 16 heavy (non-hydrogen) atoms. The summed E-state index contributed by atoms with van der Waals surface area (Å²) >= 11 is 0. The normalized spacial score (nSPS) is 12.6. The summed E-state index contributed by atoms with van der Waals surface area (Å²) in [5, 5.41) is 4.13. The summed E-state index contributed by atoms with van der Waals surface area (Å²) in [7, 11) is 1.95. The summed E-state index contributed by atoms with van der Waals surface area (Å²) < 4.78 is 1.88. The molecule has 2 aromatic rings. The molecule has 0 saturated heterocycles.